The third-order valence-electron chi connectivity index (χ3n) is 7.24. The largest absolute Gasteiger partial charge is 0.350 e. The summed E-state index contributed by atoms with van der Waals surface area (Å²) in [4.78, 5) is 17.0. The summed E-state index contributed by atoms with van der Waals surface area (Å²) in [7, 11) is 0. The number of piperidine rings is 1. The molecule has 4 heterocycles. The predicted octanol–water partition coefficient (Wildman–Crippen LogP) is 5.66. The molecule has 194 valence electrons. The Labute approximate surface area is 226 Å². The molecule has 1 aliphatic heterocycles. The molecule has 0 spiro atoms. The molecule has 0 atom stereocenters. The Bertz CT molecular complexity index is 1600. The van der Waals surface area contributed by atoms with Crippen molar-refractivity contribution in [1.82, 2.24) is 24.6 Å². The van der Waals surface area contributed by atoms with Gasteiger partial charge in [-0.2, -0.15) is 19.6 Å². The lowest BCUT2D eigenvalue weighted by molar-refractivity contribution is 0.495. The zero-order chi connectivity index (χ0) is 26.2. The summed E-state index contributed by atoms with van der Waals surface area (Å²) < 4.78 is 1.79. The first-order valence-electron chi connectivity index (χ1n) is 13.1. The monoisotopic (exact) mass is 526 g/mol. The molecule has 0 amide bonds. The lowest BCUT2D eigenvalue weighted by Crippen LogP contribution is -2.40. The first-order chi connectivity index (χ1) is 18.5. The maximum atomic E-state index is 6.75. The van der Waals surface area contributed by atoms with E-state index < -0.39 is 0 Å². The molecule has 9 heteroatoms. The van der Waals surface area contributed by atoms with Gasteiger partial charge in [0.25, 0.3) is 0 Å². The Morgan fingerprint density at radius 2 is 1.82 bits per heavy atom. The van der Waals surface area contributed by atoms with E-state index in [0.29, 0.717) is 23.5 Å². The Morgan fingerprint density at radius 1 is 1.00 bits per heavy atom. The van der Waals surface area contributed by atoms with Crippen LogP contribution in [0.1, 0.15) is 43.7 Å². The molecule has 0 radical (unpaired) electrons. The van der Waals surface area contributed by atoms with Crippen LogP contribution in [0.2, 0.25) is 5.02 Å². The number of aromatic nitrogens is 5. The Kier molecular flexibility index (Phi) is 6.59. The smallest absolute Gasteiger partial charge is 0.230 e. The zero-order valence-electron chi connectivity index (χ0n) is 21.6. The van der Waals surface area contributed by atoms with E-state index in [4.69, 9.17) is 32.3 Å². The van der Waals surface area contributed by atoms with Gasteiger partial charge in [0.1, 0.15) is 0 Å². The van der Waals surface area contributed by atoms with Crippen molar-refractivity contribution in [1.29, 1.82) is 0 Å². The topological polar surface area (TPSA) is 97.3 Å². The number of para-hydroxylation sites is 1. The van der Waals surface area contributed by atoms with Gasteiger partial charge in [0, 0.05) is 47.2 Å². The Morgan fingerprint density at radius 3 is 2.63 bits per heavy atom. The minimum Gasteiger partial charge on any atom is -0.350 e. The number of anilines is 2. The van der Waals surface area contributed by atoms with Crippen LogP contribution < -0.4 is 16.0 Å². The van der Waals surface area contributed by atoms with Gasteiger partial charge >= 0.3 is 0 Å². The van der Waals surface area contributed by atoms with Crippen LogP contribution >= 0.6 is 11.6 Å². The molecule has 6 rings (SSSR count). The summed E-state index contributed by atoms with van der Waals surface area (Å²) >= 11 is 6.75. The van der Waals surface area contributed by atoms with Gasteiger partial charge in [-0.05, 0) is 42.5 Å². The number of pyridine rings is 1. The summed E-state index contributed by atoms with van der Waals surface area (Å²) in [5, 5.41) is 9.93. The minimum absolute atomic E-state index is 0.233. The maximum absolute atomic E-state index is 6.75. The van der Waals surface area contributed by atoms with E-state index in [2.05, 4.69) is 47.4 Å². The Balaban J connectivity index is 1.37. The van der Waals surface area contributed by atoms with E-state index in [-0.39, 0.29) is 12.0 Å². The Hall–Kier alpha value is -3.75. The number of hydrogen-bond acceptors (Lipinski definition) is 7. The lowest BCUT2D eigenvalue weighted by atomic mass is 10.0. The number of halogens is 1. The molecule has 0 saturated carbocycles. The van der Waals surface area contributed by atoms with Crippen LogP contribution in [-0.2, 0) is 6.54 Å². The molecular formula is C29H31ClN8. The molecule has 3 aromatic heterocycles. The first-order valence-corrected chi connectivity index (χ1v) is 13.5. The van der Waals surface area contributed by atoms with Crippen molar-refractivity contribution < 1.29 is 0 Å². The molecule has 1 fully saturated rings. The number of fused-ring (bicyclic) bond motifs is 2. The molecule has 0 bridgehead atoms. The summed E-state index contributed by atoms with van der Waals surface area (Å²) in [6.45, 7) is 6.43. The number of rotatable bonds is 6. The van der Waals surface area contributed by atoms with E-state index in [1.807, 2.05) is 42.6 Å². The average Bonchev–Trinajstić information content (AvgIpc) is 3.37. The maximum Gasteiger partial charge on any atom is 0.230 e. The number of hydrogen-bond donors (Lipinski definition) is 2. The summed E-state index contributed by atoms with van der Waals surface area (Å²) in [5.74, 6) is 1.61. The van der Waals surface area contributed by atoms with Gasteiger partial charge in [-0.3, -0.25) is 0 Å². The average molecular weight is 527 g/mol. The summed E-state index contributed by atoms with van der Waals surface area (Å²) in [6.07, 6.45) is 3.74. The van der Waals surface area contributed by atoms with E-state index in [1.54, 1.807) is 4.52 Å². The third-order valence-corrected chi connectivity index (χ3v) is 7.60. The number of nitrogens with two attached hydrogens (primary N) is 1. The molecule has 8 nitrogen and oxygen atoms in total. The fourth-order valence-corrected chi connectivity index (χ4v) is 5.25. The van der Waals surface area contributed by atoms with Gasteiger partial charge in [-0.15, -0.1) is 0 Å². The van der Waals surface area contributed by atoms with Crippen molar-refractivity contribution in [3.63, 3.8) is 0 Å². The number of nitrogens with zero attached hydrogens (tertiary/aromatic N) is 6. The summed E-state index contributed by atoms with van der Waals surface area (Å²) in [6, 6.07) is 18.4. The second-order valence-electron chi connectivity index (χ2n) is 10.2. The van der Waals surface area contributed by atoms with Gasteiger partial charge in [0.15, 0.2) is 5.65 Å². The van der Waals surface area contributed by atoms with E-state index >= 15 is 0 Å². The minimum atomic E-state index is 0.233. The standard InChI is InChI=1S/C29H31ClN8/c1-18(2)22-17-33-38-27(22)35-29(37-14-12-20(31)13-15-37)36-28(38)32-16-23-21(7-5-8-24(23)30)26-11-10-19-6-3-4-9-25(19)34-26/h3-11,17-18,20H,12-16,31H2,1-2H3,(H,32,35,36). The van der Waals surface area contributed by atoms with E-state index in [9.17, 15) is 0 Å². The number of nitrogens with one attached hydrogen (secondary N) is 1. The van der Waals surface area contributed by atoms with Crippen LogP contribution in [0.25, 0.3) is 27.8 Å². The molecule has 3 N–H and O–H groups in total. The van der Waals surface area contributed by atoms with Crippen molar-refractivity contribution in [3.8, 4) is 11.3 Å². The predicted molar refractivity (Wildman–Crippen MR) is 154 cm³/mol. The highest BCUT2D eigenvalue weighted by atomic mass is 35.5. The highest BCUT2D eigenvalue weighted by Crippen LogP contribution is 2.31. The molecule has 1 saturated heterocycles. The fourth-order valence-electron chi connectivity index (χ4n) is 5.01. The van der Waals surface area contributed by atoms with Crippen molar-refractivity contribution >= 4 is 40.0 Å². The van der Waals surface area contributed by atoms with Crippen LogP contribution in [0.15, 0.2) is 60.8 Å². The third kappa shape index (κ3) is 4.66. The van der Waals surface area contributed by atoms with Crippen molar-refractivity contribution in [2.24, 2.45) is 5.73 Å². The van der Waals surface area contributed by atoms with Gasteiger partial charge in [0.2, 0.25) is 11.9 Å². The van der Waals surface area contributed by atoms with Crippen LogP contribution in [0, 0.1) is 0 Å². The van der Waals surface area contributed by atoms with E-state index in [1.165, 1.54) is 0 Å². The normalized spacial score (nSPS) is 14.6. The zero-order valence-corrected chi connectivity index (χ0v) is 22.4. The van der Waals surface area contributed by atoms with Crippen LogP contribution in [0.4, 0.5) is 11.9 Å². The highest BCUT2D eigenvalue weighted by molar-refractivity contribution is 6.31. The van der Waals surface area contributed by atoms with Crippen molar-refractivity contribution in [3.05, 3.63) is 76.9 Å². The van der Waals surface area contributed by atoms with E-state index in [0.717, 1.165) is 64.9 Å². The molecule has 1 aliphatic rings. The van der Waals surface area contributed by atoms with Crippen LogP contribution in [0.3, 0.4) is 0 Å². The SMILES string of the molecule is CC(C)c1cnn2c(NCc3c(Cl)cccc3-c3ccc4ccccc4n3)nc(N3CCC(N)CC3)nc12. The summed E-state index contributed by atoms with van der Waals surface area (Å²) in [5.41, 5.74) is 11.8. The van der Waals surface area contributed by atoms with Crippen LogP contribution in [-0.4, -0.2) is 43.7 Å². The molecule has 0 aliphatic carbocycles. The lowest BCUT2D eigenvalue weighted by Gasteiger charge is -2.30. The molecule has 38 heavy (non-hydrogen) atoms. The molecule has 2 aromatic carbocycles. The van der Waals surface area contributed by atoms with Gasteiger partial charge < -0.3 is 16.0 Å². The van der Waals surface area contributed by atoms with Crippen molar-refractivity contribution in [2.75, 3.05) is 23.3 Å². The highest BCUT2D eigenvalue weighted by Gasteiger charge is 2.22. The second kappa shape index (κ2) is 10.2. The van der Waals surface area contributed by atoms with Gasteiger partial charge in [-0.25, -0.2) is 4.98 Å². The van der Waals surface area contributed by atoms with Crippen molar-refractivity contribution in [2.45, 2.75) is 45.2 Å². The fraction of sp³-hybridized carbons (Fsp3) is 0.310. The first kappa shape index (κ1) is 24.6. The number of benzene rings is 2. The van der Waals surface area contributed by atoms with Gasteiger partial charge in [-0.1, -0.05) is 61.8 Å². The second-order valence-corrected chi connectivity index (χ2v) is 10.6. The van der Waals surface area contributed by atoms with Gasteiger partial charge in [0.05, 0.1) is 17.4 Å². The molecule has 5 aromatic rings. The molecular weight excluding hydrogens is 496 g/mol. The quantitative estimate of drug-likeness (QED) is 0.295. The molecule has 0 unspecified atom stereocenters. The van der Waals surface area contributed by atoms with Crippen LogP contribution in [0.5, 0.6) is 0 Å².